The minimum absolute atomic E-state index is 0.0423. The molecule has 2 rings (SSSR count). The molecule has 7 nitrogen and oxygen atoms in total. The molecule has 0 aliphatic rings. The predicted molar refractivity (Wildman–Crippen MR) is 108 cm³/mol. The maximum absolute atomic E-state index is 12.9. The molecule has 1 amide bonds. The summed E-state index contributed by atoms with van der Waals surface area (Å²) >= 11 is 0. The molecule has 1 atom stereocenters. The SMILES string of the molecule is CCC(NS(=O)(=O)c1ccc(OC)c(NC(C)=O)c1)c1ccc(OC)c(C)c1. The van der Waals surface area contributed by atoms with Gasteiger partial charge in [0.15, 0.2) is 0 Å². The molecule has 0 aliphatic carbocycles. The predicted octanol–water partition coefficient (Wildman–Crippen LogP) is 3.40. The number of sulfonamides is 1. The number of nitrogens with one attached hydrogen (secondary N) is 2. The second-order valence-electron chi connectivity index (χ2n) is 6.35. The highest BCUT2D eigenvalue weighted by molar-refractivity contribution is 7.89. The lowest BCUT2D eigenvalue weighted by Gasteiger charge is -2.19. The molecule has 1 unspecified atom stereocenters. The number of hydrogen-bond donors (Lipinski definition) is 2. The van der Waals surface area contributed by atoms with Gasteiger partial charge in [-0.05, 0) is 48.7 Å². The van der Waals surface area contributed by atoms with E-state index in [4.69, 9.17) is 9.47 Å². The first-order valence-electron chi connectivity index (χ1n) is 8.84. The molecule has 0 spiro atoms. The molecule has 28 heavy (non-hydrogen) atoms. The summed E-state index contributed by atoms with van der Waals surface area (Å²) in [7, 11) is -0.773. The van der Waals surface area contributed by atoms with Gasteiger partial charge in [0.25, 0.3) is 0 Å². The van der Waals surface area contributed by atoms with E-state index in [1.165, 1.54) is 32.2 Å². The highest BCUT2D eigenvalue weighted by Crippen LogP contribution is 2.29. The number of ether oxygens (including phenoxy) is 2. The highest BCUT2D eigenvalue weighted by Gasteiger charge is 2.22. The quantitative estimate of drug-likeness (QED) is 0.701. The number of rotatable bonds is 8. The van der Waals surface area contributed by atoms with E-state index in [0.717, 1.165) is 16.9 Å². The van der Waals surface area contributed by atoms with E-state index < -0.39 is 16.1 Å². The molecule has 0 radical (unpaired) electrons. The Morgan fingerprint density at radius 3 is 2.25 bits per heavy atom. The van der Waals surface area contributed by atoms with Crippen LogP contribution in [0.2, 0.25) is 0 Å². The van der Waals surface area contributed by atoms with Crippen molar-refractivity contribution in [2.45, 2.75) is 38.1 Å². The van der Waals surface area contributed by atoms with E-state index in [9.17, 15) is 13.2 Å². The summed E-state index contributed by atoms with van der Waals surface area (Å²) in [6.07, 6.45) is 0.569. The van der Waals surface area contributed by atoms with Crippen molar-refractivity contribution in [3.63, 3.8) is 0 Å². The van der Waals surface area contributed by atoms with Crippen LogP contribution in [-0.2, 0) is 14.8 Å². The van der Waals surface area contributed by atoms with Crippen LogP contribution in [0.1, 0.15) is 37.4 Å². The van der Waals surface area contributed by atoms with E-state index in [2.05, 4.69) is 10.0 Å². The van der Waals surface area contributed by atoms with Gasteiger partial charge in [0.2, 0.25) is 15.9 Å². The van der Waals surface area contributed by atoms with Gasteiger partial charge in [-0.1, -0.05) is 19.1 Å². The van der Waals surface area contributed by atoms with Gasteiger partial charge < -0.3 is 14.8 Å². The third-order valence-electron chi connectivity index (χ3n) is 4.32. The molecule has 0 saturated carbocycles. The number of carbonyl (C=O) groups is 1. The first-order valence-corrected chi connectivity index (χ1v) is 10.3. The molecular weight excluding hydrogens is 380 g/mol. The lowest BCUT2D eigenvalue weighted by molar-refractivity contribution is -0.114. The van der Waals surface area contributed by atoms with Crippen LogP contribution in [0.15, 0.2) is 41.3 Å². The molecule has 2 aromatic carbocycles. The van der Waals surface area contributed by atoms with E-state index >= 15 is 0 Å². The Morgan fingerprint density at radius 1 is 1.07 bits per heavy atom. The molecule has 8 heteroatoms. The number of anilines is 1. The largest absolute Gasteiger partial charge is 0.496 e. The van der Waals surface area contributed by atoms with Gasteiger partial charge in [0, 0.05) is 13.0 Å². The molecular formula is C20H26N2O5S. The second-order valence-corrected chi connectivity index (χ2v) is 8.07. The van der Waals surface area contributed by atoms with Crippen molar-refractivity contribution in [3.8, 4) is 11.5 Å². The highest BCUT2D eigenvalue weighted by atomic mass is 32.2. The monoisotopic (exact) mass is 406 g/mol. The number of aryl methyl sites for hydroxylation is 1. The molecule has 0 aromatic heterocycles. The van der Waals surface area contributed by atoms with Crippen LogP contribution in [-0.4, -0.2) is 28.5 Å². The van der Waals surface area contributed by atoms with Crippen molar-refractivity contribution in [1.29, 1.82) is 0 Å². The normalized spacial score (nSPS) is 12.3. The summed E-state index contributed by atoms with van der Waals surface area (Å²) in [6, 6.07) is 9.52. The Morgan fingerprint density at radius 2 is 1.71 bits per heavy atom. The third kappa shape index (κ3) is 5.02. The second kappa shape index (κ2) is 9.07. The smallest absolute Gasteiger partial charge is 0.241 e. The van der Waals surface area contributed by atoms with E-state index in [0.29, 0.717) is 17.9 Å². The number of benzene rings is 2. The van der Waals surface area contributed by atoms with Crippen molar-refractivity contribution in [1.82, 2.24) is 4.72 Å². The van der Waals surface area contributed by atoms with E-state index in [1.54, 1.807) is 7.11 Å². The zero-order valence-corrected chi connectivity index (χ0v) is 17.5. The first kappa shape index (κ1) is 21.7. The fourth-order valence-corrected chi connectivity index (χ4v) is 4.24. The van der Waals surface area contributed by atoms with Crippen LogP contribution >= 0.6 is 0 Å². The Hall–Kier alpha value is -2.58. The van der Waals surface area contributed by atoms with Crippen LogP contribution in [0, 0.1) is 6.92 Å². The summed E-state index contributed by atoms with van der Waals surface area (Å²) in [4.78, 5) is 11.4. The van der Waals surface area contributed by atoms with Gasteiger partial charge in [-0.2, -0.15) is 0 Å². The summed E-state index contributed by atoms with van der Waals surface area (Å²) < 4.78 is 39.0. The van der Waals surface area contributed by atoms with Gasteiger partial charge in [-0.3, -0.25) is 4.79 Å². The van der Waals surface area contributed by atoms with Crippen LogP contribution in [0.4, 0.5) is 5.69 Å². The van der Waals surface area contributed by atoms with Crippen LogP contribution in [0.25, 0.3) is 0 Å². The Bertz CT molecular complexity index is 957. The number of amides is 1. The fraction of sp³-hybridized carbons (Fsp3) is 0.350. The standard InChI is InChI=1S/C20H26N2O5S/c1-6-17(15-7-9-19(26-4)13(2)11-15)22-28(24,25)16-8-10-20(27-5)18(12-16)21-14(3)23/h7-12,17,22H,6H2,1-5H3,(H,21,23). The zero-order chi connectivity index (χ0) is 20.9. The molecule has 2 N–H and O–H groups in total. The molecule has 2 aromatic rings. The third-order valence-corrected chi connectivity index (χ3v) is 5.79. The van der Waals surface area contributed by atoms with Crippen molar-refractivity contribution in [2.24, 2.45) is 0 Å². The van der Waals surface area contributed by atoms with Crippen molar-refractivity contribution >= 4 is 21.6 Å². The molecule has 152 valence electrons. The average molecular weight is 407 g/mol. The molecule has 0 aliphatic heterocycles. The summed E-state index contributed by atoms with van der Waals surface area (Å²) in [5.41, 5.74) is 2.07. The van der Waals surface area contributed by atoms with Crippen molar-refractivity contribution in [3.05, 3.63) is 47.5 Å². The van der Waals surface area contributed by atoms with E-state index in [-0.39, 0.29) is 10.8 Å². The van der Waals surface area contributed by atoms with Crippen LogP contribution in [0.5, 0.6) is 11.5 Å². The van der Waals surface area contributed by atoms with Crippen LogP contribution < -0.4 is 19.5 Å². The first-order chi connectivity index (χ1) is 13.2. The van der Waals surface area contributed by atoms with E-state index in [1.807, 2.05) is 32.0 Å². The molecule has 0 bridgehead atoms. The van der Waals surface area contributed by atoms with Gasteiger partial charge in [0.1, 0.15) is 11.5 Å². The van der Waals surface area contributed by atoms with Crippen LogP contribution in [0.3, 0.4) is 0 Å². The molecule has 0 fully saturated rings. The maximum Gasteiger partial charge on any atom is 0.241 e. The molecule has 0 heterocycles. The van der Waals surface area contributed by atoms with Gasteiger partial charge >= 0.3 is 0 Å². The lowest BCUT2D eigenvalue weighted by atomic mass is 10.0. The molecule has 0 saturated heterocycles. The Balaban J connectivity index is 2.35. The fourth-order valence-electron chi connectivity index (χ4n) is 2.90. The summed E-state index contributed by atoms with van der Waals surface area (Å²) in [5.74, 6) is 0.810. The Labute approximate surface area is 166 Å². The lowest BCUT2D eigenvalue weighted by Crippen LogP contribution is -2.28. The average Bonchev–Trinajstić information content (AvgIpc) is 2.65. The summed E-state index contributed by atoms with van der Waals surface area (Å²) in [5, 5.41) is 2.59. The Kier molecular flexibility index (Phi) is 7.04. The van der Waals surface area contributed by atoms with Gasteiger partial charge in [0.05, 0.1) is 24.8 Å². The number of methoxy groups -OCH3 is 2. The van der Waals surface area contributed by atoms with Gasteiger partial charge in [-0.25, -0.2) is 13.1 Å². The summed E-state index contributed by atoms with van der Waals surface area (Å²) in [6.45, 7) is 5.16. The van der Waals surface area contributed by atoms with Gasteiger partial charge in [-0.15, -0.1) is 0 Å². The minimum Gasteiger partial charge on any atom is -0.496 e. The van der Waals surface area contributed by atoms with Crippen molar-refractivity contribution < 1.29 is 22.7 Å². The maximum atomic E-state index is 12.9. The number of hydrogen-bond acceptors (Lipinski definition) is 5. The topological polar surface area (TPSA) is 93.7 Å². The minimum atomic E-state index is -3.82. The van der Waals surface area contributed by atoms with Crippen molar-refractivity contribution in [2.75, 3.05) is 19.5 Å². The zero-order valence-electron chi connectivity index (χ0n) is 16.7. The number of carbonyl (C=O) groups excluding carboxylic acids is 1.